The second-order valence-corrected chi connectivity index (χ2v) is 4.38. The molecule has 1 unspecified atom stereocenters. The van der Waals surface area contributed by atoms with Crippen molar-refractivity contribution < 1.29 is 19.1 Å². The van der Waals surface area contributed by atoms with Crippen molar-refractivity contribution in [3.63, 3.8) is 0 Å². The fourth-order valence-corrected chi connectivity index (χ4v) is 1.81. The highest BCUT2D eigenvalue weighted by Crippen LogP contribution is 2.28. The number of esters is 1. The van der Waals surface area contributed by atoms with Crippen LogP contribution in [-0.4, -0.2) is 19.1 Å². The zero-order chi connectivity index (χ0) is 14.6. The van der Waals surface area contributed by atoms with Crippen molar-refractivity contribution in [3.8, 4) is 5.75 Å². The van der Waals surface area contributed by atoms with Crippen LogP contribution in [0.25, 0.3) is 0 Å². The topological polar surface area (TPSA) is 64.6 Å². The lowest BCUT2D eigenvalue weighted by atomic mass is 10.0. The van der Waals surface area contributed by atoms with Gasteiger partial charge in [0.25, 0.3) is 0 Å². The number of carbonyl (C=O) groups is 2. The highest BCUT2D eigenvalue weighted by Gasteiger charge is 2.15. The molecule has 0 aliphatic heterocycles. The highest BCUT2D eigenvalue weighted by atomic mass is 16.6. The van der Waals surface area contributed by atoms with Gasteiger partial charge in [0, 0.05) is 14.0 Å². The van der Waals surface area contributed by atoms with Crippen LogP contribution in [0.1, 0.15) is 36.6 Å². The second kappa shape index (κ2) is 6.22. The predicted octanol–water partition coefficient (Wildman–Crippen LogP) is 2.65. The molecule has 1 rings (SSSR count). The normalized spacial score (nSPS) is 11.6. The van der Waals surface area contributed by atoms with Gasteiger partial charge in [0.15, 0.2) is 0 Å². The van der Waals surface area contributed by atoms with E-state index in [0.29, 0.717) is 5.75 Å². The summed E-state index contributed by atoms with van der Waals surface area (Å²) in [6, 6.07) is 3.69. The summed E-state index contributed by atoms with van der Waals surface area (Å²) in [7, 11) is 1.51. The third-order valence-corrected chi connectivity index (χ3v) is 2.69. The molecule has 0 aliphatic carbocycles. The fraction of sp³-hybridized carbons (Fsp3) is 0.429. The van der Waals surface area contributed by atoms with Crippen molar-refractivity contribution in [1.82, 2.24) is 5.32 Å². The van der Waals surface area contributed by atoms with Crippen LogP contribution in [0.3, 0.4) is 0 Å². The first-order valence-electron chi connectivity index (χ1n) is 6.03. The lowest BCUT2D eigenvalue weighted by molar-refractivity contribution is -0.131. The van der Waals surface area contributed by atoms with Gasteiger partial charge in [0.05, 0.1) is 0 Å². The maximum Gasteiger partial charge on any atom is 0.407 e. The molecule has 0 saturated carbocycles. The molecule has 5 heteroatoms. The quantitative estimate of drug-likeness (QED) is 0.674. The minimum atomic E-state index is -0.480. The van der Waals surface area contributed by atoms with Crippen LogP contribution >= 0.6 is 0 Å². The van der Waals surface area contributed by atoms with E-state index >= 15 is 0 Å². The first-order valence-corrected chi connectivity index (χ1v) is 6.03. The van der Waals surface area contributed by atoms with Crippen LogP contribution in [0.15, 0.2) is 12.1 Å². The van der Waals surface area contributed by atoms with Crippen LogP contribution in [0.5, 0.6) is 5.75 Å². The molecule has 0 radical (unpaired) electrons. The summed E-state index contributed by atoms with van der Waals surface area (Å²) in [5.41, 5.74) is 2.52. The number of aryl methyl sites for hydroxylation is 2. The van der Waals surface area contributed by atoms with Crippen molar-refractivity contribution in [3.05, 3.63) is 28.8 Å². The number of ether oxygens (including phenoxy) is 2. The standard InChI is InChI=1S/C14H19NO4/c1-8-6-12(10(3)18-14(17)15-5)7-9(2)13(8)19-11(4)16/h6-7,10H,1-5H3,(H,15,17). The summed E-state index contributed by atoms with van der Waals surface area (Å²) in [6.07, 6.45) is -0.851. The Morgan fingerprint density at radius 3 is 2.16 bits per heavy atom. The summed E-state index contributed by atoms with van der Waals surface area (Å²) in [5, 5.41) is 2.40. The first kappa shape index (κ1) is 15.0. The summed E-state index contributed by atoms with van der Waals surface area (Å²) in [5.74, 6) is 0.206. The average Bonchev–Trinajstić information content (AvgIpc) is 2.32. The van der Waals surface area contributed by atoms with E-state index in [9.17, 15) is 9.59 Å². The maximum atomic E-state index is 11.2. The second-order valence-electron chi connectivity index (χ2n) is 4.38. The van der Waals surface area contributed by atoms with E-state index in [-0.39, 0.29) is 12.1 Å². The van der Waals surface area contributed by atoms with Gasteiger partial charge in [0.1, 0.15) is 11.9 Å². The minimum absolute atomic E-state index is 0.353. The Morgan fingerprint density at radius 1 is 1.21 bits per heavy atom. The molecule has 1 aromatic carbocycles. The number of rotatable bonds is 3. The van der Waals surface area contributed by atoms with Crippen LogP contribution in [0.4, 0.5) is 4.79 Å². The molecule has 104 valence electrons. The van der Waals surface area contributed by atoms with E-state index in [1.54, 1.807) is 6.92 Å². The molecule has 0 saturated heterocycles. The van der Waals surface area contributed by atoms with Crippen molar-refractivity contribution in [1.29, 1.82) is 0 Å². The van der Waals surface area contributed by atoms with E-state index in [2.05, 4.69) is 5.32 Å². The monoisotopic (exact) mass is 265 g/mol. The summed E-state index contributed by atoms with van der Waals surface area (Å²) in [4.78, 5) is 22.2. The Kier molecular flexibility index (Phi) is 4.92. The van der Waals surface area contributed by atoms with E-state index < -0.39 is 6.09 Å². The van der Waals surface area contributed by atoms with Crippen LogP contribution in [0, 0.1) is 13.8 Å². The molecule has 0 heterocycles. The summed E-state index contributed by atoms with van der Waals surface area (Å²) >= 11 is 0. The van der Waals surface area contributed by atoms with Crippen molar-refractivity contribution in [2.45, 2.75) is 33.8 Å². The van der Waals surface area contributed by atoms with E-state index in [1.807, 2.05) is 26.0 Å². The number of alkyl carbamates (subject to hydrolysis) is 1. The Hall–Kier alpha value is -2.04. The van der Waals surface area contributed by atoms with Crippen molar-refractivity contribution >= 4 is 12.1 Å². The van der Waals surface area contributed by atoms with E-state index in [4.69, 9.17) is 9.47 Å². The lowest BCUT2D eigenvalue weighted by Crippen LogP contribution is -2.21. The minimum Gasteiger partial charge on any atom is -0.442 e. The number of hydrogen-bond acceptors (Lipinski definition) is 4. The third-order valence-electron chi connectivity index (χ3n) is 2.69. The van der Waals surface area contributed by atoms with Crippen molar-refractivity contribution in [2.75, 3.05) is 7.05 Å². The lowest BCUT2D eigenvalue weighted by Gasteiger charge is -2.17. The molecule has 0 aliphatic rings. The summed E-state index contributed by atoms with van der Waals surface area (Å²) < 4.78 is 10.3. The average molecular weight is 265 g/mol. The van der Waals surface area contributed by atoms with Gasteiger partial charge in [-0.05, 0) is 49.6 Å². The third kappa shape index (κ3) is 3.98. The molecule has 1 atom stereocenters. The zero-order valence-electron chi connectivity index (χ0n) is 11.9. The molecule has 0 bridgehead atoms. The molecular formula is C14H19NO4. The fourth-order valence-electron chi connectivity index (χ4n) is 1.81. The van der Waals surface area contributed by atoms with Gasteiger partial charge in [-0.15, -0.1) is 0 Å². The van der Waals surface area contributed by atoms with Crippen LogP contribution in [-0.2, 0) is 9.53 Å². The van der Waals surface area contributed by atoms with E-state index in [0.717, 1.165) is 16.7 Å². The molecule has 0 fully saturated rings. The van der Waals surface area contributed by atoms with Crippen LogP contribution < -0.4 is 10.1 Å². The number of nitrogens with one attached hydrogen (secondary N) is 1. The highest BCUT2D eigenvalue weighted by molar-refractivity contribution is 5.70. The molecular weight excluding hydrogens is 246 g/mol. The zero-order valence-corrected chi connectivity index (χ0v) is 11.9. The smallest absolute Gasteiger partial charge is 0.407 e. The molecule has 5 nitrogen and oxygen atoms in total. The Balaban J connectivity index is 3.00. The molecule has 0 aromatic heterocycles. The van der Waals surface area contributed by atoms with Gasteiger partial charge >= 0.3 is 12.1 Å². The van der Waals surface area contributed by atoms with Gasteiger partial charge in [-0.2, -0.15) is 0 Å². The summed E-state index contributed by atoms with van der Waals surface area (Å²) in [6.45, 7) is 6.85. The molecule has 19 heavy (non-hydrogen) atoms. The van der Waals surface area contributed by atoms with Crippen LogP contribution in [0.2, 0.25) is 0 Å². The molecule has 0 spiro atoms. The number of carbonyl (C=O) groups excluding carboxylic acids is 2. The number of benzene rings is 1. The predicted molar refractivity (Wildman–Crippen MR) is 71.2 cm³/mol. The first-order chi connectivity index (χ1) is 8.85. The Bertz CT molecular complexity index is 473. The molecule has 1 aromatic rings. The SMILES string of the molecule is CNC(=O)OC(C)c1cc(C)c(OC(C)=O)c(C)c1. The number of hydrogen-bond donors (Lipinski definition) is 1. The largest absolute Gasteiger partial charge is 0.442 e. The molecule has 1 N–H and O–H groups in total. The van der Waals surface area contributed by atoms with Gasteiger partial charge in [-0.3, -0.25) is 4.79 Å². The van der Waals surface area contributed by atoms with Crippen molar-refractivity contribution in [2.24, 2.45) is 0 Å². The Labute approximate surface area is 112 Å². The van der Waals surface area contributed by atoms with Gasteiger partial charge < -0.3 is 14.8 Å². The van der Waals surface area contributed by atoms with Gasteiger partial charge in [0.2, 0.25) is 0 Å². The molecule has 1 amide bonds. The number of amides is 1. The van der Waals surface area contributed by atoms with E-state index in [1.165, 1.54) is 14.0 Å². The van der Waals surface area contributed by atoms with Gasteiger partial charge in [-0.25, -0.2) is 4.79 Å². The Morgan fingerprint density at radius 2 is 1.74 bits per heavy atom. The van der Waals surface area contributed by atoms with Gasteiger partial charge in [-0.1, -0.05) is 0 Å². The maximum absolute atomic E-state index is 11.2.